The first kappa shape index (κ1) is 11.1. The largest absolute Gasteiger partial charge is 0.378 e. The highest BCUT2D eigenvalue weighted by atomic mass is 16.6. The number of ether oxygens (including phenoxy) is 2. The number of ketones is 1. The first-order valence-electron chi connectivity index (χ1n) is 6.00. The minimum absolute atomic E-state index is 0.119. The van der Waals surface area contributed by atoms with Crippen molar-refractivity contribution in [1.82, 2.24) is 0 Å². The minimum Gasteiger partial charge on any atom is -0.378 e. The van der Waals surface area contributed by atoms with Crippen molar-refractivity contribution in [2.75, 3.05) is 19.8 Å². The molecule has 2 aliphatic rings. The summed E-state index contributed by atoms with van der Waals surface area (Å²) in [6.07, 6.45) is 4.43. The smallest absolute Gasteiger partial charge is 0.136 e. The van der Waals surface area contributed by atoms with Gasteiger partial charge in [0.2, 0.25) is 0 Å². The lowest BCUT2D eigenvalue weighted by Crippen LogP contribution is -2.42. The summed E-state index contributed by atoms with van der Waals surface area (Å²) >= 11 is 0. The average Bonchev–Trinajstić information content (AvgIpc) is 2.67. The number of rotatable bonds is 3. The van der Waals surface area contributed by atoms with Crippen LogP contribution < -0.4 is 0 Å². The van der Waals surface area contributed by atoms with Crippen molar-refractivity contribution in [3.8, 4) is 0 Å². The van der Waals surface area contributed by atoms with E-state index in [4.69, 9.17) is 9.47 Å². The summed E-state index contributed by atoms with van der Waals surface area (Å²) < 4.78 is 11.2. The van der Waals surface area contributed by atoms with Crippen LogP contribution in [0.4, 0.5) is 0 Å². The maximum absolute atomic E-state index is 11.8. The van der Waals surface area contributed by atoms with Gasteiger partial charge in [-0.25, -0.2) is 0 Å². The van der Waals surface area contributed by atoms with Crippen LogP contribution in [-0.4, -0.2) is 31.2 Å². The topological polar surface area (TPSA) is 35.5 Å². The SMILES string of the molecule is CCCC(=O)C1CCOC2(CCOC2)C1. The van der Waals surface area contributed by atoms with Crippen LogP contribution in [0, 0.1) is 5.92 Å². The highest BCUT2D eigenvalue weighted by molar-refractivity contribution is 5.81. The zero-order valence-corrected chi connectivity index (χ0v) is 9.46. The monoisotopic (exact) mass is 212 g/mol. The Morgan fingerprint density at radius 3 is 3.00 bits per heavy atom. The number of carbonyl (C=O) groups is 1. The highest BCUT2D eigenvalue weighted by Gasteiger charge is 2.42. The third kappa shape index (κ3) is 2.40. The maximum atomic E-state index is 11.8. The summed E-state index contributed by atoms with van der Waals surface area (Å²) in [4.78, 5) is 11.8. The van der Waals surface area contributed by atoms with Crippen molar-refractivity contribution in [2.45, 2.75) is 44.6 Å². The van der Waals surface area contributed by atoms with Gasteiger partial charge in [-0.2, -0.15) is 0 Å². The average molecular weight is 212 g/mol. The molecule has 2 fully saturated rings. The van der Waals surface area contributed by atoms with Crippen molar-refractivity contribution >= 4 is 5.78 Å². The van der Waals surface area contributed by atoms with Gasteiger partial charge in [-0.05, 0) is 19.3 Å². The molecule has 0 aliphatic carbocycles. The summed E-state index contributed by atoms with van der Waals surface area (Å²) in [7, 11) is 0. The van der Waals surface area contributed by atoms with Crippen LogP contribution in [0.15, 0.2) is 0 Å². The quantitative estimate of drug-likeness (QED) is 0.717. The first-order chi connectivity index (χ1) is 7.26. The predicted octanol–water partition coefficient (Wildman–Crippen LogP) is 1.94. The fraction of sp³-hybridized carbons (Fsp3) is 0.917. The molecule has 3 heteroatoms. The lowest BCUT2D eigenvalue weighted by atomic mass is 9.82. The molecular formula is C12H20O3. The molecule has 3 nitrogen and oxygen atoms in total. The van der Waals surface area contributed by atoms with Crippen LogP contribution in [0.1, 0.15) is 39.0 Å². The summed E-state index contributed by atoms with van der Waals surface area (Å²) in [5, 5.41) is 0. The predicted molar refractivity (Wildman–Crippen MR) is 56.8 cm³/mol. The molecule has 0 aromatic rings. The molecule has 0 aromatic carbocycles. The van der Waals surface area contributed by atoms with E-state index in [1.165, 1.54) is 0 Å². The molecule has 2 aliphatic heterocycles. The lowest BCUT2D eigenvalue weighted by Gasteiger charge is -2.36. The number of hydrogen-bond donors (Lipinski definition) is 0. The van der Waals surface area contributed by atoms with Crippen LogP contribution in [0.2, 0.25) is 0 Å². The number of Topliss-reactive ketones (excluding diaryl/α,β-unsaturated/α-hetero) is 1. The van der Waals surface area contributed by atoms with Gasteiger partial charge in [0.1, 0.15) is 5.78 Å². The van der Waals surface area contributed by atoms with Gasteiger partial charge in [0, 0.05) is 32.0 Å². The molecule has 2 heterocycles. The standard InChI is InChI=1S/C12H20O3/c1-2-3-11(13)10-4-6-15-12(8-10)5-7-14-9-12/h10H,2-9H2,1H3. The zero-order chi connectivity index (χ0) is 10.7. The summed E-state index contributed by atoms with van der Waals surface area (Å²) in [5.41, 5.74) is -0.119. The maximum Gasteiger partial charge on any atom is 0.136 e. The van der Waals surface area contributed by atoms with E-state index in [0.29, 0.717) is 12.4 Å². The van der Waals surface area contributed by atoms with Gasteiger partial charge in [-0.15, -0.1) is 0 Å². The zero-order valence-electron chi connectivity index (χ0n) is 9.46. The Bertz CT molecular complexity index is 231. The normalized spacial score (nSPS) is 35.9. The van der Waals surface area contributed by atoms with Gasteiger partial charge in [0.25, 0.3) is 0 Å². The molecule has 2 rings (SSSR count). The van der Waals surface area contributed by atoms with Crippen LogP contribution in [0.25, 0.3) is 0 Å². The van der Waals surface area contributed by atoms with Crippen LogP contribution in [-0.2, 0) is 14.3 Å². The second-order valence-electron chi connectivity index (χ2n) is 4.74. The molecule has 15 heavy (non-hydrogen) atoms. The van der Waals surface area contributed by atoms with E-state index in [9.17, 15) is 4.79 Å². The van der Waals surface area contributed by atoms with Crippen LogP contribution in [0.5, 0.6) is 0 Å². The number of hydrogen-bond acceptors (Lipinski definition) is 3. The molecule has 0 saturated carbocycles. The van der Waals surface area contributed by atoms with Gasteiger partial charge in [0.05, 0.1) is 12.2 Å². The molecule has 2 saturated heterocycles. The Hall–Kier alpha value is -0.410. The van der Waals surface area contributed by atoms with E-state index >= 15 is 0 Å². The van der Waals surface area contributed by atoms with E-state index in [-0.39, 0.29) is 11.5 Å². The summed E-state index contributed by atoms with van der Waals surface area (Å²) in [6, 6.07) is 0. The van der Waals surface area contributed by atoms with Gasteiger partial charge in [0.15, 0.2) is 0 Å². The van der Waals surface area contributed by atoms with Crippen LogP contribution >= 0.6 is 0 Å². The van der Waals surface area contributed by atoms with Crippen molar-refractivity contribution in [3.63, 3.8) is 0 Å². The molecule has 2 unspecified atom stereocenters. The van der Waals surface area contributed by atoms with E-state index in [1.54, 1.807) is 0 Å². The Labute approximate surface area is 91.1 Å². The lowest BCUT2D eigenvalue weighted by molar-refractivity contribution is -0.137. The molecule has 2 atom stereocenters. The van der Waals surface area contributed by atoms with Gasteiger partial charge in [-0.3, -0.25) is 4.79 Å². The van der Waals surface area contributed by atoms with Gasteiger partial charge in [-0.1, -0.05) is 6.92 Å². The number of carbonyl (C=O) groups excluding carboxylic acids is 1. The van der Waals surface area contributed by atoms with Crippen molar-refractivity contribution in [2.24, 2.45) is 5.92 Å². The van der Waals surface area contributed by atoms with E-state index in [0.717, 1.165) is 45.3 Å². The van der Waals surface area contributed by atoms with Crippen molar-refractivity contribution < 1.29 is 14.3 Å². The second-order valence-corrected chi connectivity index (χ2v) is 4.74. The Morgan fingerprint density at radius 1 is 1.47 bits per heavy atom. The van der Waals surface area contributed by atoms with Crippen LogP contribution in [0.3, 0.4) is 0 Å². The van der Waals surface area contributed by atoms with Crippen molar-refractivity contribution in [1.29, 1.82) is 0 Å². The molecule has 0 bridgehead atoms. The molecule has 1 spiro atoms. The molecular weight excluding hydrogens is 192 g/mol. The molecule has 0 amide bonds. The molecule has 0 aromatic heterocycles. The van der Waals surface area contributed by atoms with Crippen molar-refractivity contribution in [3.05, 3.63) is 0 Å². The molecule has 0 N–H and O–H groups in total. The van der Waals surface area contributed by atoms with E-state index in [1.807, 2.05) is 0 Å². The second kappa shape index (κ2) is 4.62. The third-order valence-electron chi connectivity index (χ3n) is 3.51. The van der Waals surface area contributed by atoms with E-state index < -0.39 is 0 Å². The Kier molecular flexibility index (Phi) is 3.42. The highest BCUT2D eigenvalue weighted by Crippen LogP contribution is 2.36. The fourth-order valence-electron chi connectivity index (χ4n) is 2.62. The van der Waals surface area contributed by atoms with E-state index in [2.05, 4.69) is 6.92 Å². The fourth-order valence-corrected chi connectivity index (χ4v) is 2.62. The summed E-state index contributed by atoms with van der Waals surface area (Å²) in [5.74, 6) is 0.646. The molecule has 0 radical (unpaired) electrons. The first-order valence-corrected chi connectivity index (χ1v) is 6.00. The Morgan fingerprint density at radius 2 is 2.33 bits per heavy atom. The van der Waals surface area contributed by atoms with Gasteiger partial charge >= 0.3 is 0 Å². The minimum atomic E-state index is -0.119. The Balaban J connectivity index is 1.94. The molecule has 86 valence electrons. The third-order valence-corrected chi connectivity index (χ3v) is 3.51. The van der Waals surface area contributed by atoms with Gasteiger partial charge < -0.3 is 9.47 Å². The summed E-state index contributed by atoms with van der Waals surface area (Å²) in [6.45, 7) is 4.26.